The molecule has 118 valence electrons. The second-order valence-electron chi connectivity index (χ2n) is 5.31. The van der Waals surface area contributed by atoms with Crippen molar-refractivity contribution in [3.63, 3.8) is 0 Å². The number of hydrogen-bond donors (Lipinski definition) is 1. The second kappa shape index (κ2) is 6.00. The molecule has 1 N–H and O–H groups in total. The zero-order valence-corrected chi connectivity index (χ0v) is 12.7. The fourth-order valence-electron chi connectivity index (χ4n) is 2.51. The van der Waals surface area contributed by atoms with Crippen LogP contribution in [0, 0.1) is 0 Å². The second-order valence-corrected chi connectivity index (χ2v) is 5.31. The quantitative estimate of drug-likeness (QED) is 0.628. The molecule has 0 aliphatic rings. The highest BCUT2D eigenvalue weighted by Crippen LogP contribution is 2.18. The summed E-state index contributed by atoms with van der Waals surface area (Å²) >= 11 is 0. The lowest BCUT2D eigenvalue weighted by molar-refractivity contribution is -0.118. The summed E-state index contributed by atoms with van der Waals surface area (Å²) in [4.78, 5) is 12.1. The molecule has 0 atom stereocenters. The minimum Gasteiger partial charge on any atom is -0.453 e. The van der Waals surface area contributed by atoms with Gasteiger partial charge < -0.3 is 10.1 Å². The van der Waals surface area contributed by atoms with Crippen molar-refractivity contribution in [3.05, 3.63) is 66.9 Å². The summed E-state index contributed by atoms with van der Waals surface area (Å²) in [6.45, 7) is -0.136. The third-order valence-corrected chi connectivity index (χ3v) is 3.65. The summed E-state index contributed by atoms with van der Waals surface area (Å²) < 4.78 is 7.14. The average molecular weight is 318 g/mol. The Balaban J connectivity index is 1.44. The van der Waals surface area contributed by atoms with Crippen molar-refractivity contribution in [2.45, 2.75) is 0 Å². The van der Waals surface area contributed by atoms with Crippen molar-refractivity contribution in [1.29, 1.82) is 0 Å². The first-order valence-electron chi connectivity index (χ1n) is 7.51. The van der Waals surface area contributed by atoms with Gasteiger partial charge in [-0.05, 0) is 35.0 Å². The molecule has 0 aliphatic heterocycles. The van der Waals surface area contributed by atoms with E-state index in [-0.39, 0.29) is 12.5 Å². The summed E-state index contributed by atoms with van der Waals surface area (Å²) in [5, 5.41) is 12.9. The maximum absolute atomic E-state index is 12.1. The number of carbonyl (C=O) groups is 1. The summed E-state index contributed by atoms with van der Waals surface area (Å²) in [6.07, 6.45) is 1.78. The van der Waals surface area contributed by atoms with Gasteiger partial charge in [-0.2, -0.15) is 0 Å². The van der Waals surface area contributed by atoms with E-state index in [9.17, 15) is 4.79 Å². The number of amides is 1. The molecule has 0 spiro atoms. The van der Waals surface area contributed by atoms with Crippen LogP contribution in [-0.2, 0) is 4.79 Å². The fraction of sp³-hybridized carbons (Fsp3) is 0.0556. The zero-order chi connectivity index (χ0) is 16.4. The first-order chi connectivity index (χ1) is 11.8. The van der Waals surface area contributed by atoms with E-state index in [4.69, 9.17) is 4.74 Å². The van der Waals surface area contributed by atoms with Crippen LogP contribution in [0.5, 0.6) is 6.01 Å². The molecule has 24 heavy (non-hydrogen) atoms. The highest BCUT2D eigenvalue weighted by molar-refractivity contribution is 5.95. The molecule has 2 aromatic heterocycles. The van der Waals surface area contributed by atoms with Crippen LogP contribution in [0.1, 0.15) is 0 Å². The average Bonchev–Trinajstić information content (AvgIpc) is 3.03. The van der Waals surface area contributed by atoms with Gasteiger partial charge >= 0.3 is 6.01 Å². The van der Waals surface area contributed by atoms with Crippen molar-refractivity contribution in [3.8, 4) is 6.01 Å². The van der Waals surface area contributed by atoms with Gasteiger partial charge in [0.25, 0.3) is 5.91 Å². The van der Waals surface area contributed by atoms with E-state index in [0.29, 0.717) is 11.7 Å². The van der Waals surface area contributed by atoms with E-state index in [1.807, 2.05) is 60.7 Å². The van der Waals surface area contributed by atoms with Crippen LogP contribution >= 0.6 is 0 Å². The summed E-state index contributed by atoms with van der Waals surface area (Å²) in [5.41, 5.74) is 1.40. The molecule has 0 saturated heterocycles. The molecule has 0 saturated carbocycles. The van der Waals surface area contributed by atoms with E-state index in [1.165, 1.54) is 0 Å². The molecule has 4 aromatic rings. The highest BCUT2D eigenvalue weighted by Gasteiger charge is 2.09. The summed E-state index contributed by atoms with van der Waals surface area (Å²) in [5.74, 6) is -0.252. The van der Waals surface area contributed by atoms with Gasteiger partial charge in [-0.25, -0.2) is 0 Å². The maximum atomic E-state index is 12.1. The van der Waals surface area contributed by atoms with Crippen molar-refractivity contribution in [2.75, 3.05) is 11.9 Å². The molecule has 4 rings (SSSR count). The Morgan fingerprint density at radius 3 is 2.75 bits per heavy atom. The predicted molar refractivity (Wildman–Crippen MR) is 91.1 cm³/mol. The van der Waals surface area contributed by atoms with E-state index in [1.54, 1.807) is 10.6 Å². The molecule has 2 aromatic carbocycles. The van der Waals surface area contributed by atoms with E-state index >= 15 is 0 Å². The van der Waals surface area contributed by atoms with Gasteiger partial charge in [0.15, 0.2) is 12.3 Å². The van der Waals surface area contributed by atoms with Crippen LogP contribution < -0.4 is 10.1 Å². The van der Waals surface area contributed by atoms with E-state index < -0.39 is 0 Å². The molecule has 0 radical (unpaired) electrons. The number of fused-ring (bicyclic) bond motifs is 2. The smallest absolute Gasteiger partial charge is 0.322 e. The molecule has 0 aliphatic carbocycles. The topological polar surface area (TPSA) is 68.5 Å². The number of nitrogens with zero attached hydrogens (tertiary/aromatic N) is 3. The highest BCUT2D eigenvalue weighted by atomic mass is 16.5. The van der Waals surface area contributed by atoms with Crippen LogP contribution in [0.15, 0.2) is 66.9 Å². The van der Waals surface area contributed by atoms with Crippen molar-refractivity contribution >= 4 is 28.0 Å². The molecule has 2 heterocycles. The standard InChI is InChI=1S/C18H14N4O2/c23-17(12-24-18-21-20-16-7-3-4-10-22(16)18)19-15-9-8-13-5-1-2-6-14(13)11-15/h1-11H,12H2,(H,19,23). The number of rotatable bonds is 4. The van der Waals surface area contributed by atoms with Crippen molar-refractivity contribution in [1.82, 2.24) is 14.6 Å². The number of pyridine rings is 1. The molecule has 0 bridgehead atoms. The fourth-order valence-corrected chi connectivity index (χ4v) is 2.51. The number of benzene rings is 2. The van der Waals surface area contributed by atoms with Crippen LogP contribution in [0.4, 0.5) is 5.69 Å². The SMILES string of the molecule is O=C(COc1nnc2ccccn12)Nc1ccc2ccccc2c1. The minimum atomic E-state index is -0.252. The van der Waals surface area contributed by atoms with Crippen molar-refractivity contribution < 1.29 is 9.53 Å². The summed E-state index contributed by atoms with van der Waals surface area (Å²) in [7, 11) is 0. The Kier molecular flexibility index (Phi) is 3.55. The number of nitrogens with one attached hydrogen (secondary N) is 1. The van der Waals surface area contributed by atoms with Crippen LogP contribution in [-0.4, -0.2) is 27.1 Å². The monoisotopic (exact) mass is 318 g/mol. The van der Waals surface area contributed by atoms with Crippen LogP contribution in [0.25, 0.3) is 16.4 Å². The van der Waals surface area contributed by atoms with E-state index in [0.717, 1.165) is 16.5 Å². The number of anilines is 1. The first-order valence-corrected chi connectivity index (χ1v) is 7.51. The summed E-state index contributed by atoms with van der Waals surface area (Å²) in [6, 6.07) is 19.6. The molecular formula is C18H14N4O2. The Hall–Kier alpha value is -3.41. The number of aromatic nitrogens is 3. The minimum absolute atomic E-state index is 0.136. The molecule has 6 nitrogen and oxygen atoms in total. The van der Waals surface area contributed by atoms with Gasteiger partial charge in [-0.3, -0.25) is 9.20 Å². The Labute approximate surface area is 137 Å². The predicted octanol–water partition coefficient (Wildman–Crippen LogP) is 2.90. The molecule has 0 unspecified atom stereocenters. The molecule has 6 heteroatoms. The first kappa shape index (κ1) is 14.2. The molecule has 0 fully saturated rings. The van der Waals surface area contributed by atoms with Gasteiger partial charge in [-0.1, -0.05) is 41.5 Å². The molecule has 1 amide bonds. The van der Waals surface area contributed by atoms with Gasteiger partial charge in [0.1, 0.15) is 0 Å². The normalized spacial score (nSPS) is 10.8. The number of ether oxygens (including phenoxy) is 1. The third kappa shape index (κ3) is 2.77. The van der Waals surface area contributed by atoms with Gasteiger partial charge in [0.05, 0.1) is 0 Å². The van der Waals surface area contributed by atoms with Crippen LogP contribution in [0.3, 0.4) is 0 Å². The Morgan fingerprint density at radius 1 is 1.00 bits per heavy atom. The maximum Gasteiger partial charge on any atom is 0.322 e. The van der Waals surface area contributed by atoms with Crippen molar-refractivity contribution in [2.24, 2.45) is 0 Å². The number of hydrogen-bond acceptors (Lipinski definition) is 4. The largest absolute Gasteiger partial charge is 0.453 e. The lowest BCUT2D eigenvalue weighted by atomic mass is 10.1. The van der Waals surface area contributed by atoms with E-state index in [2.05, 4.69) is 15.5 Å². The van der Waals surface area contributed by atoms with Gasteiger partial charge in [0.2, 0.25) is 0 Å². The molecular weight excluding hydrogens is 304 g/mol. The number of carbonyl (C=O) groups excluding carboxylic acids is 1. The van der Waals surface area contributed by atoms with Gasteiger partial charge in [0, 0.05) is 11.9 Å². The Morgan fingerprint density at radius 2 is 1.83 bits per heavy atom. The lowest BCUT2D eigenvalue weighted by Crippen LogP contribution is -2.20. The van der Waals surface area contributed by atoms with Gasteiger partial charge in [-0.15, -0.1) is 5.10 Å². The Bertz CT molecular complexity index is 1030. The third-order valence-electron chi connectivity index (χ3n) is 3.65. The zero-order valence-electron chi connectivity index (χ0n) is 12.7. The van der Waals surface area contributed by atoms with Crippen LogP contribution in [0.2, 0.25) is 0 Å². The lowest BCUT2D eigenvalue weighted by Gasteiger charge is -2.07.